The van der Waals surface area contributed by atoms with Crippen molar-refractivity contribution in [3.8, 4) is 5.75 Å². The quantitative estimate of drug-likeness (QED) is 0.776. The maximum atomic E-state index is 12.8. The number of ether oxygens (including phenoxy) is 2. The number of aliphatic hydroxyl groups is 1. The van der Waals surface area contributed by atoms with Gasteiger partial charge in [-0.3, -0.25) is 9.59 Å². The van der Waals surface area contributed by atoms with Crippen molar-refractivity contribution in [1.29, 1.82) is 0 Å². The van der Waals surface area contributed by atoms with Gasteiger partial charge in [0.2, 0.25) is 0 Å². The summed E-state index contributed by atoms with van der Waals surface area (Å²) in [6.45, 7) is 1.60. The van der Waals surface area contributed by atoms with Gasteiger partial charge in [-0.1, -0.05) is 6.07 Å². The van der Waals surface area contributed by atoms with Crippen LogP contribution in [0.1, 0.15) is 44.1 Å². The zero-order chi connectivity index (χ0) is 19.2. The van der Waals surface area contributed by atoms with E-state index in [4.69, 9.17) is 9.47 Å². The van der Waals surface area contributed by atoms with Gasteiger partial charge in [0.15, 0.2) is 6.61 Å². The number of hydrogen-bond donors (Lipinski definition) is 2. The molecule has 6 nitrogen and oxygen atoms in total. The lowest BCUT2D eigenvalue weighted by Crippen LogP contribution is -2.58. The van der Waals surface area contributed by atoms with Gasteiger partial charge in [-0.15, -0.1) is 0 Å². The highest BCUT2D eigenvalue weighted by atomic mass is 16.5. The van der Waals surface area contributed by atoms with Crippen molar-refractivity contribution in [1.82, 2.24) is 0 Å². The van der Waals surface area contributed by atoms with E-state index in [1.165, 1.54) is 7.11 Å². The average molecular weight is 373 g/mol. The second kappa shape index (κ2) is 6.51. The molecule has 0 aromatic heterocycles. The Hall–Kier alpha value is -2.08. The Kier molecular flexibility index (Phi) is 4.41. The second-order valence-electron chi connectivity index (χ2n) is 8.79. The zero-order valence-corrected chi connectivity index (χ0v) is 15.9. The van der Waals surface area contributed by atoms with Gasteiger partial charge in [0.1, 0.15) is 5.75 Å². The van der Waals surface area contributed by atoms with E-state index >= 15 is 0 Å². The molecule has 1 aromatic carbocycles. The first kappa shape index (κ1) is 18.3. The van der Waals surface area contributed by atoms with Gasteiger partial charge in [0, 0.05) is 0 Å². The Morgan fingerprint density at radius 2 is 1.93 bits per heavy atom. The summed E-state index contributed by atoms with van der Waals surface area (Å²) in [5.41, 5.74) is 0.216. The molecule has 4 atom stereocenters. The summed E-state index contributed by atoms with van der Waals surface area (Å²) in [4.78, 5) is 25.1. The molecular weight excluding hydrogens is 346 g/mol. The second-order valence-corrected chi connectivity index (χ2v) is 8.79. The number of amides is 1. The normalized spacial score (nSPS) is 33.6. The summed E-state index contributed by atoms with van der Waals surface area (Å²) in [7, 11) is 1.54. The third-order valence-corrected chi connectivity index (χ3v) is 6.43. The molecule has 1 aromatic rings. The Labute approximate surface area is 159 Å². The standard InChI is InChI=1S/C21H27NO5/c1-13-3-4-17(26-2)16(5-13)22-18(23)11-27-19(24)20-7-14-6-15(8-20)10-21(25,9-14)12-20/h3-5,14-15,25H,6-12H2,1-2H3,(H,22,23)/t14-,15+,20?,21?. The minimum atomic E-state index is -0.722. The van der Waals surface area contributed by atoms with E-state index in [9.17, 15) is 14.7 Å². The molecular formula is C21H27NO5. The molecule has 146 valence electrons. The highest BCUT2D eigenvalue weighted by molar-refractivity contribution is 5.94. The van der Waals surface area contributed by atoms with E-state index in [-0.39, 0.29) is 12.6 Å². The van der Waals surface area contributed by atoms with Gasteiger partial charge in [-0.25, -0.2) is 0 Å². The molecule has 0 aliphatic heterocycles. The summed E-state index contributed by atoms with van der Waals surface area (Å²) < 4.78 is 10.7. The summed E-state index contributed by atoms with van der Waals surface area (Å²) >= 11 is 0. The highest BCUT2D eigenvalue weighted by Gasteiger charge is 2.60. The van der Waals surface area contributed by atoms with Crippen molar-refractivity contribution in [2.75, 3.05) is 19.0 Å². The molecule has 4 saturated carbocycles. The van der Waals surface area contributed by atoms with E-state index < -0.39 is 16.9 Å². The number of hydrogen-bond acceptors (Lipinski definition) is 5. The Balaban J connectivity index is 1.38. The fraction of sp³-hybridized carbons (Fsp3) is 0.619. The van der Waals surface area contributed by atoms with E-state index in [2.05, 4.69) is 5.32 Å². The highest BCUT2D eigenvalue weighted by Crippen LogP contribution is 2.61. The Bertz CT molecular complexity index is 760. The summed E-state index contributed by atoms with van der Waals surface area (Å²) in [6, 6.07) is 5.49. The van der Waals surface area contributed by atoms with E-state index in [0.717, 1.165) is 37.7 Å². The van der Waals surface area contributed by atoms with E-state index in [1.807, 2.05) is 19.1 Å². The van der Waals surface area contributed by atoms with Crippen LogP contribution in [0.2, 0.25) is 0 Å². The third-order valence-electron chi connectivity index (χ3n) is 6.43. The van der Waals surface area contributed by atoms with Crippen molar-refractivity contribution in [2.45, 2.75) is 51.0 Å². The number of anilines is 1. The lowest BCUT2D eigenvalue weighted by atomic mass is 9.48. The van der Waals surface area contributed by atoms with Crippen LogP contribution in [0.5, 0.6) is 5.75 Å². The number of methoxy groups -OCH3 is 1. The van der Waals surface area contributed by atoms with Gasteiger partial charge in [-0.05, 0) is 75.0 Å². The fourth-order valence-electron chi connectivity index (χ4n) is 5.84. The molecule has 4 aliphatic rings. The molecule has 2 N–H and O–H groups in total. The van der Waals surface area contributed by atoms with Crippen molar-refractivity contribution in [3.63, 3.8) is 0 Å². The Morgan fingerprint density at radius 3 is 2.56 bits per heavy atom. The molecule has 6 heteroatoms. The number of esters is 1. The molecule has 0 saturated heterocycles. The first-order chi connectivity index (χ1) is 12.8. The summed E-state index contributed by atoms with van der Waals surface area (Å²) in [5, 5.41) is 13.5. The smallest absolute Gasteiger partial charge is 0.312 e. The van der Waals surface area contributed by atoms with Crippen LogP contribution in [0.4, 0.5) is 5.69 Å². The van der Waals surface area contributed by atoms with E-state index in [1.54, 1.807) is 6.07 Å². The molecule has 4 aliphatic carbocycles. The number of benzene rings is 1. The number of rotatable bonds is 5. The largest absolute Gasteiger partial charge is 0.495 e. The monoisotopic (exact) mass is 373 g/mol. The van der Waals surface area contributed by atoms with Crippen LogP contribution in [0.3, 0.4) is 0 Å². The maximum absolute atomic E-state index is 12.8. The van der Waals surface area contributed by atoms with Crippen LogP contribution in [-0.2, 0) is 14.3 Å². The van der Waals surface area contributed by atoms with E-state index in [0.29, 0.717) is 29.7 Å². The van der Waals surface area contributed by atoms with Crippen molar-refractivity contribution in [2.24, 2.45) is 17.3 Å². The lowest BCUT2D eigenvalue weighted by molar-refractivity contribution is -0.196. The molecule has 0 radical (unpaired) electrons. The maximum Gasteiger partial charge on any atom is 0.312 e. The van der Waals surface area contributed by atoms with Crippen LogP contribution < -0.4 is 10.1 Å². The van der Waals surface area contributed by atoms with Crippen molar-refractivity contribution in [3.05, 3.63) is 23.8 Å². The molecule has 0 spiro atoms. The average Bonchev–Trinajstić information content (AvgIpc) is 2.57. The van der Waals surface area contributed by atoms with Crippen LogP contribution >= 0.6 is 0 Å². The summed E-state index contributed by atoms with van der Waals surface area (Å²) in [6.07, 6.45) is 4.72. The minimum absolute atomic E-state index is 0.328. The van der Waals surface area contributed by atoms with Crippen LogP contribution in [0.15, 0.2) is 18.2 Å². The molecule has 4 bridgehead atoms. The third kappa shape index (κ3) is 3.43. The number of carbonyl (C=O) groups excluding carboxylic acids is 2. The van der Waals surface area contributed by atoms with Gasteiger partial charge in [0.25, 0.3) is 5.91 Å². The predicted octanol–water partition coefficient (Wildman–Crippen LogP) is 2.82. The zero-order valence-electron chi connectivity index (χ0n) is 15.9. The van der Waals surface area contributed by atoms with Crippen molar-refractivity contribution >= 4 is 17.6 Å². The van der Waals surface area contributed by atoms with Gasteiger partial charge in [-0.2, -0.15) is 0 Å². The van der Waals surface area contributed by atoms with Crippen molar-refractivity contribution < 1.29 is 24.2 Å². The molecule has 2 unspecified atom stereocenters. The lowest BCUT2D eigenvalue weighted by Gasteiger charge is -2.58. The van der Waals surface area contributed by atoms with Crippen LogP contribution in [0.25, 0.3) is 0 Å². The van der Waals surface area contributed by atoms with Gasteiger partial charge < -0.3 is 19.9 Å². The molecule has 1 amide bonds. The molecule has 27 heavy (non-hydrogen) atoms. The molecule has 4 fully saturated rings. The summed E-state index contributed by atoms with van der Waals surface area (Å²) in [5.74, 6) is 0.629. The van der Waals surface area contributed by atoms with Gasteiger partial charge >= 0.3 is 5.97 Å². The predicted molar refractivity (Wildman–Crippen MR) is 99.4 cm³/mol. The Morgan fingerprint density at radius 1 is 1.22 bits per heavy atom. The number of aryl methyl sites for hydroxylation is 1. The fourth-order valence-corrected chi connectivity index (χ4v) is 5.84. The van der Waals surface area contributed by atoms with Gasteiger partial charge in [0.05, 0.1) is 23.8 Å². The number of carbonyl (C=O) groups is 2. The number of nitrogens with one attached hydrogen (secondary N) is 1. The molecule has 0 heterocycles. The SMILES string of the molecule is COc1ccc(C)cc1NC(=O)COC(=O)C12C[C@@H]3C[C@@H](CC(O)(C3)C1)C2. The first-order valence-corrected chi connectivity index (χ1v) is 9.65. The topological polar surface area (TPSA) is 84.9 Å². The van der Waals surface area contributed by atoms with Crippen LogP contribution in [0, 0.1) is 24.2 Å². The molecule has 5 rings (SSSR count). The minimum Gasteiger partial charge on any atom is -0.495 e. The van der Waals surface area contributed by atoms with Crippen LogP contribution in [-0.4, -0.2) is 36.3 Å². The first-order valence-electron chi connectivity index (χ1n) is 9.65.